The highest BCUT2D eigenvalue weighted by molar-refractivity contribution is 7.99. The fourth-order valence-corrected chi connectivity index (χ4v) is 2.66. The van der Waals surface area contributed by atoms with Crippen molar-refractivity contribution in [2.45, 2.75) is 11.8 Å². The number of methoxy groups -OCH3 is 2. The van der Waals surface area contributed by atoms with Crippen molar-refractivity contribution in [3.8, 4) is 11.5 Å². The van der Waals surface area contributed by atoms with Gasteiger partial charge >= 0.3 is 0 Å². The van der Waals surface area contributed by atoms with Crippen LogP contribution in [0, 0.1) is 5.92 Å². The van der Waals surface area contributed by atoms with Gasteiger partial charge in [-0.05, 0) is 6.07 Å². The Kier molecular flexibility index (Phi) is 3.47. The van der Waals surface area contributed by atoms with E-state index in [0.29, 0.717) is 11.5 Å². The molecule has 2 rings (SSSR count). The third kappa shape index (κ3) is 2.34. The lowest BCUT2D eigenvalue weighted by atomic mass is 10.2. The number of thioether (sulfide) groups is 1. The van der Waals surface area contributed by atoms with Crippen molar-refractivity contribution in [3.05, 3.63) is 12.1 Å². The van der Waals surface area contributed by atoms with Crippen molar-refractivity contribution < 1.29 is 14.3 Å². The van der Waals surface area contributed by atoms with Gasteiger partial charge in [0, 0.05) is 22.6 Å². The molecule has 0 aromatic heterocycles. The van der Waals surface area contributed by atoms with Crippen molar-refractivity contribution in [2.24, 2.45) is 5.92 Å². The first kappa shape index (κ1) is 12.1. The Morgan fingerprint density at radius 1 is 1.29 bits per heavy atom. The summed E-state index contributed by atoms with van der Waals surface area (Å²) in [7, 11) is 3.19. The number of hydrogen-bond acceptors (Lipinski definition) is 4. The zero-order valence-corrected chi connectivity index (χ0v) is 10.9. The summed E-state index contributed by atoms with van der Waals surface area (Å²) in [6, 6.07) is 3.70. The van der Waals surface area contributed by atoms with E-state index >= 15 is 0 Å². The van der Waals surface area contributed by atoms with Gasteiger partial charge in [0.15, 0.2) is 11.5 Å². The number of amides is 1. The van der Waals surface area contributed by atoms with Crippen LogP contribution in [0.15, 0.2) is 17.0 Å². The number of carbonyl (C=O) groups excluding carboxylic acids is 1. The van der Waals surface area contributed by atoms with Gasteiger partial charge in [0.2, 0.25) is 5.91 Å². The number of hydrogen-bond donors (Lipinski definition) is 1. The van der Waals surface area contributed by atoms with Crippen LogP contribution < -0.4 is 14.8 Å². The van der Waals surface area contributed by atoms with Crippen LogP contribution >= 0.6 is 11.8 Å². The van der Waals surface area contributed by atoms with Gasteiger partial charge in [0.1, 0.15) is 0 Å². The van der Waals surface area contributed by atoms with Crippen molar-refractivity contribution >= 4 is 23.4 Å². The zero-order valence-electron chi connectivity index (χ0n) is 10.1. The lowest BCUT2D eigenvalue weighted by molar-refractivity contribution is -0.118. The van der Waals surface area contributed by atoms with Crippen LogP contribution in [-0.4, -0.2) is 25.9 Å². The molecule has 1 amide bonds. The molecule has 1 aromatic carbocycles. The van der Waals surface area contributed by atoms with Gasteiger partial charge < -0.3 is 14.8 Å². The van der Waals surface area contributed by atoms with Gasteiger partial charge in [-0.25, -0.2) is 0 Å². The van der Waals surface area contributed by atoms with E-state index < -0.39 is 0 Å². The van der Waals surface area contributed by atoms with Crippen LogP contribution in [0.4, 0.5) is 5.69 Å². The van der Waals surface area contributed by atoms with Gasteiger partial charge in [-0.1, -0.05) is 6.92 Å². The predicted octanol–water partition coefficient (Wildman–Crippen LogP) is 2.38. The number of rotatable bonds is 2. The summed E-state index contributed by atoms with van der Waals surface area (Å²) in [5, 5.41) is 2.90. The van der Waals surface area contributed by atoms with Crippen LogP contribution in [0.2, 0.25) is 0 Å². The Bertz CT molecular complexity index is 448. The molecule has 17 heavy (non-hydrogen) atoms. The molecule has 1 aromatic rings. The second-order valence-corrected chi connectivity index (χ2v) is 4.97. The highest BCUT2D eigenvalue weighted by Gasteiger charge is 2.22. The van der Waals surface area contributed by atoms with E-state index in [1.807, 2.05) is 13.0 Å². The molecule has 1 N–H and O–H groups in total. The molecule has 5 heteroatoms. The van der Waals surface area contributed by atoms with E-state index in [1.165, 1.54) is 0 Å². The smallest absolute Gasteiger partial charge is 0.228 e. The molecule has 0 aliphatic carbocycles. The van der Waals surface area contributed by atoms with E-state index in [-0.39, 0.29) is 11.8 Å². The van der Waals surface area contributed by atoms with Crippen LogP contribution in [0.1, 0.15) is 6.92 Å². The molecule has 1 heterocycles. The highest BCUT2D eigenvalue weighted by atomic mass is 32.2. The second kappa shape index (κ2) is 4.87. The lowest BCUT2D eigenvalue weighted by Gasteiger charge is -2.12. The molecule has 1 aliphatic rings. The molecule has 0 saturated carbocycles. The number of ether oxygens (including phenoxy) is 2. The summed E-state index contributed by atoms with van der Waals surface area (Å²) in [6.07, 6.45) is 0. The number of nitrogens with one attached hydrogen (secondary N) is 1. The zero-order chi connectivity index (χ0) is 12.4. The molecule has 1 unspecified atom stereocenters. The minimum absolute atomic E-state index is 0.00406. The van der Waals surface area contributed by atoms with Crippen molar-refractivity contribution in [1.82, 2.24) is 0 Å². The maximum absolute atomic E-state index is 11.7. The number of benzene rings is 1. The van der Waals surface area contributed by atoms with Crippen LogP contribution in [-0.2, 0) is 4.79 Å². The minimum Gasteiger partial charge on any atom is -0.493 e. The monoisotopic (exact) mass is 253 g/mol. The topological polar surface area (TPSA) is 47.6 Å². The van der Waals surface area contributed by atoms with Crippen LogP contribution in [0.25, 0.3) is 0 Å². The van der Waals surface area contributed by atoms with E-state index in [2.05, 4.69) is 5.32 Å². The number of anilines is 1. The Labute approximate surface area is 105 Å². The molecule has 0 bridgehead atoms. The van der Waals surface area contributed by atoms with Gasteiger partial charge in [0.25, 0.3) is 0 Å². The summed E-state index contributed by atoms with van der Waals surface area (Å²) < 4.78 is 10.5. The summed E-state index contributed by atoms with van der Waals surface area (Å²) in [5.41, 5.74) is 0.794. The minimum atomic E-state index is 0.00406. The Morgan fingerprint density at radius 2 is 1.94 bits per heavy atom. The van der Waals surface area contributed by atoms with Gasteiger partial charge in [-0.2, -0.15) is 0 Å². The molecule has 92 valence electrons. The first-order chi connectivity index (χ1) is 8.15. The highest BCUT2D eigenvalue weighted by Crippen LogP contribution is 2.40. The molecular weight excluding hydrogens is 238 g/mol. The van der Waals surface area contributed by atoms with Gasteiger partial charge in [-0.3, -0.25) is 4.79 Å². The van der Waals surface area contributed by atoms with Gasteiger partial charge in [0.05, 0.1) is 19.9 Å². The van der Waals surface area contributed by atoms with Crippen LogP contribution in [0.5, 0.6) is 11.5 Å². The molecule has 1 atom stereocenters. The Morgan fingerprint density at radius 3 is 2.59 bits per heavy atom. The van der Waals surface area contributed by atoms with Crippen molar-refractivity contribution in [1.29, 1.82) is 0 Å². The largest absolute Gasteiger partial charge is 0.493 e. The van der Waals surface area contributed by atoms with E-state index in [4.69, 9.17) is 9.47 Å². The van der Waals surface area contributed by atoms with E-state index in [1.54, 1.807) is 32.0 Å². The third-order valence-electron chi connectivity index (χ3n) is 2.68. The lowest BCUT2D eigenvalue weighted by Crippen LogP contribution is -2.20. The summed E-state index contributed by atoms with van der Waals surface area (Å²) >= 11 is 1.65. The average Bonchev–Trinajstić information content (AvgIpc) is 2.48. The fraction of sp³-hybridized carbons (Fsp3) is 0.417. The fourth-order valence-electron chi connectivity index (χ4n) is 1.62. The first-order valence-electron chi connectivity index (χ1n) is 5.35. The molecule has 0 fully saturated rings. The first-order valence-corrected chi connectivity index (χ1v) is 6.34. The molecule has 0 spiro atoms. The summed E-state index contributed by atoms with van der Waals surface area (Å²) in [5.74, 6) is 2.13. The maximum Gasteiger partial charge on any atom is 0.228 e. The maximum atomic E-state index is 11.7. The predicted molar refractivity (Wildman–Crippen MR) is 68.1 cm³/mol. The summed E-state index contributed by atoms with van der Waals surface area (Å²) in [4.78, 5) is 12.7. The Balaban J connectivity index is 2.43. The average molecular weight is 253 g/mol. The molecule has 1 aliphatic heterocycles. The molecule has 4 nitrogen and oxygen atoms in total. The second-order valence-electron chi connectivity index (χ2n) is 3.90. The van der Waals surface area contributed by atoms with Crippen molar-refractivity contribution in [3.63, 3.8) is 0 Å². The van der Waals surface area contributed by atoms with Crippen molar-refractivity contribution in [2.75, 3.05) is 25.3 Å². The number of carbonyl (C=O) groups is 1. The SMILES string of the molecule is COc1cc2c(cc1OC)SCC(C)C(=O)N2. The van der Waals surface area contributed by atoms with Gasteiger partial charge in [-0.15, -0.1) is 11.8 Å². The number of fused-ring (bicyclic) bond motifs is 1. The third-order valence-corrected chi connectivity index (χ3v) is 4.00. The Hall–Kier alpha value is -1.36. The quantitative estimate of drug-likeness (QED) is 0.879. The van der Waals surface area contributed by atoms with Crippen LogP contribution in [0.3, 0.4) is 0 Å². The van der Waals surface area contributed by atoms with E-state index in [0.717, 1.165) is 16.3 Å². The molecule has 0 saturated heterocycles. The molecular formula is C12H15NO3S. The standard InChI is InChI=1S/C12H15NO3S/c1-7-6-17-11-5-10(16-3)9(15-2)4-8(11)13-12(7)14/h4-5,7H,6H2,1-3H3,(H,13,14). The normalized spacial score (nSPS) is 19.0. The molecule has 0 radical (unpaired) electrons. The van der Waals surface area contributed by atoms with E-state index in [9.17, 15) is 4.79 Å². The summed E-state index contributed by atoms with van der Waals surface area (Å²) in [6.45, 7) is 1.92.